The molecule has 0 aliphatic rings. The van der Waals surface area contributed by atoms with E-state index in [2.05, 4.69) is 0 Å². The fourth-order valence-corrected chi connectivity index (χ4v) is 0. The first-order chi connectivity index (χ1) is 1.41. The number of hydrogen-bond donors (Lipinski definition) is 0. The standard InChI is InChI=1S/Ba.O2Si/c;1-3-2. The number of rotatable bonds is 0. The molecule has 0 saturated carbocycles. The molecule has 0 N–H and O–H groups in total. The van der Waals surface area contributed by atoms with Crippen molar-refractivity contribution in [3.8, 4) is 0 Å². The first-order valence-corrected chi connectivity index (χ1v) is 1.22. The van der Waals surface area contributed by atoms with Crippen LogP contribution in [-0.2, 0) is 8.92 Å². The molecule has 0 heterocycles. The molecule has 0 spiro atoms. The normalized spacial score (nSPS) is 2.00. The molecule has 0 aliphatic carbocycles. The Labute approximate surface area is 66.0 Å². The first-order valence-electron chi connectivity index (χ1n) is 0.408. The van der Waals surface area contributed by atoms with Crippen LogP contribution in [-0.4, -0.2) is 58.2 Å². The van der Waals surface area contributed by atoms with Gasteiger partial charge in [-0.2, -0.15) is 0 Å². The van der Waals surface area contributed by atoms with Crippen molar-refractivity contribution in [1.29, 1.82) is 0 Å². The van der Waals surface area contributed by atoms with E-state index in [1.54, 1.807) is 0 Å². The van der Waals surface area contributed by atoms with Crippen LogP contribution in [0.25, 0.3) is 0 Å². The summed E-state index contributed by atoms with van der Waals surface area (Å²) in [6.07, 6.45) is 0. The topological polar surface area (TPSA) is 34.1 Å². The zero-order valence-electron chi connectivity index (χ0n) is 2.02. The predicted molar refractivity (Wildman–Crippen MR) is 12.9 cm³/mol. The minimum atomic E-state index is -1.42. The molecule has 0 fully saturated rings. The summed E-state index contributed by atoms with van der Waals surface area (Å²) >= 11 is 0. The van der Waals surface area contributed by atoms with Crippen LogP contribution < -0.4 is 0 Å². The smallest absolute Gasteiger partial charge is 0.274 e. The van der Waals surface area contributed by atoms with E-state index in [0.717, 1.165) is 0 Å². The Bertz CT molecular complexity index is 27.0. The summed E-state index contributed by atoms with van der Waals surface area (Å²) in [5.41, 5.74) is 0. The third-order valence-corrected chi connectivity index (χ3v) is 0. The first kappa shape index (κ1) is 9.04. The Morgan fingerprint density at radius 3 is 1.25 bits per heavy atom. The predicted octanol–water partition coefficient (Wildman–Crippen LogP) is -0.999. The maximum Gasteiger partial charge on any atom is 0.549 e. The van der Waals surface area contributed by atoms with Crippen molar-refractivity contribution in [1.82, 2.24) is 0 Å². The molecule has 2 nitrogen and oxygen atoms in total. The van der Waals surface area contributed by atoms with Crippen LogP contribution in [0.1, 0.15) is 0 Å². The molecule has 0 rings (SSSR count). The molecule has 4 heavy (non-hydrogen) atoms. The van der Waals surface area contributed by atoms with E-state index in [0.29, 0.717) is 0 Å². The van der Waals surface area contributed by atoms with Gasteiger partial charge in [0, 0.05) is 48.9 Å². The number of hydrogen-bond acceptors (Lipinski definition) is 2. The maximum absolute atomic E-state index is 8.40. The fourth-order valence-electron chi connectivity index (χ4n) is 0. The van der Waals surface area contributed by atoms with Crippen molar-refractivity contribution in [2.75, 3.05) is 0 Å². The van der Waals surface area contributed by atoms with Crippen molar-refractivity contribution < 1.29 is 8.92 Å². The SMILES string of the molecule is O=[Si]=O.[Ba]. The molecule has 0 aromatic rings. The molecule has 0 aromatic carbocycles. The zero-order chi connectivity index (χ0) is 2.71. The quantitative estimate of drug-likeness (QED) is 0.467. The van der Waals surface area contributed by atoms with Crippen LogP contribution >= 0.6 is 0 Å². The second-order valence-corrected chi connectivity index (χ2v) is 0.250. The van der Waals surface area contributed by atoms with Crippen molar-refractivity contribution in [2.24, 2.45) is 0 Å². The van der Waals surface area contributed by atoms with Gasteiger partial charge >= 0.3 is 9.29 Å². The van der Waals surface area contributed by atoms with Crippen LogP contribution in [0.4, 0.5) is 0 Å². The average molecular weight is 197 g/mol. The molecule has 4 heteroatoms. The van der Waals surface area contributed by atoms with Crippen molar-refractivity contribution in [3.63, 3.8) is 0 Å². The van der Waals surface area contributed by atoms with Gasteiger partial charge < -0.3 is 0 Å². The summed E-state index contributed by atoms with van der Waals surface area (Å²) < 4.78 is 16.8. The van der Waals surface area contributed by atoms with E-state index in [1.165, 1.54) is 0 Å². The molecule has 0 bridgehead atoms. The summed E-state index contributed by atoms with van der Waals surface area (Å²) in [4.78, 5) is 0. The third kappa shape index (κ3) is 10.0. The molecule has 18 valence electrons. The molecule has 0 aliphatic heterocycles. The summed E-state index contributed by atoms with van der Waals surface area (Å²) in [6, 6.07) is 0. The minimum absolute atomic E-state index is 0. The third-order valence-electron chi connectivity index (χ3n) is 0. The molecule has 0 unspecified atom stereocenters. The van der Waals surface area contributed by atoms with Gasteiger partial charge in [-0.15, -0.1) is 0 Å². The van der Waals surface area contributed by atoms with Crippen LogP contribution in [0.15, 0.2) is 0 Å². The second kappa shape index (κ2) is 8.83. The van der Waals surface area contributed by atoms with Gasteiger partial charge in [0.1, 0.15) is 0 Å². The van der Waals surface area contributed by atoms with Gasteiger partial charge in [0.05, 0.1) is 0 Å². The van der Waals surface area contributed by atoms with E-state index in [9.17, 15) is 0 Å². The van der Waals surface area contributed by atoms with Gasteiger partial charge in [0.15, 0.2) is 0 Å². The Morgan fingerprint density at radius 1 is 1.25 bits per heavy atom. The van der Waals surface area contributed by atoms with Gasteiger partial charge in [-0.05, 0) is 0 Å². The second-order valence-electron chi connectivity index (χ2n) is 0.0833. The van der Waals surface area contributed by atoms with E-state index in [4.69, 9.17) is 8.92 Å². The summed E-state index contributed by atoms with van der Waals surface area (Å²) in [5.74, 6) is 0. The molecule has 2 radical (unpaired) electrons. The summed E-state index contributed by atoms with van der Waals surface area (Å²) in [5, 5.41) is 0. The fraction of sp³-hybridized carbons (Fsp3) is 0. The van der Waals surface area contributed by atoms with Crippen molar-refractivity contribution in [3.05, 3.63) is 0 Å². The van der Waals surface area contributed by atoms with Crippen molar-refractivity contribution >= 4 is 58.2 Å². The molecule has 0 amide bonds. The van der Waals surface area contributed by atoms with Crippen LogP contribution in [0.2, 0.25) is 0 Å². The van der Waals surface area contributed by atoms with Gasteiger partial charge in [-0.25, -0.2) is 0 Å². The van der Waals surface area contributed by atoms with Gasteiger partial charge in [-0.3, -0.25) is 8.92 Å². The van der Waals surface area contributed by atoms with Crippen molar-refractivity contribution in [2.45, 2.75) is 0 Å². The minimum Gasteiger partial charge on any atom is -0.274 e. The molecule has 0 saturated heterocycles. The van der Waals surface area contributed by atoms with E-state index in [-0.39, 0.29) is 48.9 Å². The van der Waals surface area contributed by atoms with Gasteiger partial charge in [0.2, 0.25) is 0 Å². The molecule has 0 aromatic heterocycles. The van der Waals surface area contributed by atoms with E-state index < -0.39 is 9.29 Å². The Balaban J connectivity index is 0. The Hall–Kier alpha value is 1.39. The monoisotopic (exact) mass is 198 g/mol. The summed E-state index contributed by atoms with van der Waals surface area (Å²) in [7, 11) is -1.42. The van der Waals surface area contributed by atoms with Crippen LogP contribution in [0.3, 0.4) is 0 Å². The largest absolute Gasteiger partial charge is 0.549 e. The maximum atomic E-state index is 8.40. The van der Waals surface area contributed by atoms with E-state index >= 15 is 0 Å². The zero-order valence-corrected chi connectivity index (χ0v) is 7.46. The molecular weight excluding hydrogens is 197 g/mol. The average Bonchev–Trinajstić information content (AvgIpc) is 0.918. The summed E-state index contributed by atoms with van der Waals surface area (Å²) in [6.45, 7) is 0. The molecular formula is BaO2Si. The van der Waals surface area contributed by atoms with Gasteiger partial charge in [0.25, 0.3) is 0 Å². The van der Waals surface area contributed by atoms with Crippen LogP contribution in [0.5, 0.6) is 0 Å². The van der Waals surface area contributed by atoms with Gasteiger partial charge in [-0.1, -0.05) is 0 Å². The Morgan fingerprint density at radius 2 is 1.25 bits per heavy atom. The van der Waals surface area contributed by atoms with E-state index in [1.807, 2.05) is 0 Å². The Kier molecular flexibility index (Phi) is 20.0. The van der Waals surface area contributed by atoms with Crippen LogP contribution in [0, 0.1) is 0 Å². The molecule has 0 atom stereocenters.